The van der Waals surface area contributed by atoms with E-state index >= 15 is 0 Å². The molecule has 0 N–H and O–H groups in total. The number of rotatable bonds is 4. The first-order chi connectivity index (χ1) is 9.67. The molecule has 0 unspecified atom stereocenters. The molecule has 0 aromatic heterocycles. The molecule has 0 heterocycles. The van der Waals surface area contributed by atoms with E-state index in [1.807, 2.05) is 0 Å². The van der Waals surface area contributed by atoms with E-state index < -0.39 is 0 Å². The number of carbonyl (C=O) groups is 1. The van der Waals surface area contributed by atoms with Gasteiger partial charge in [-0.15, -0.1) is 0 Å². The summed E-state index contributed by atoms with van der Waals surface area (Å²) in [5, 5.41) is 0.442. The molecule has 0 radical (unpaired) electrons. The van der Waals surface area contributed by atoms with E-state index in [2.05, 4.69) is 0 Å². The van der Waals surface area contributed by atoms with Crippen LogP contribution >= 0.6 is 11.6 Å². The predicted octanol–water partition coefficient (Wildman–Crippen LogP) is 4.51. The number of benzene rings is 1. The summed E-state index contributed by atoms with van der Waals surface area (Å²) in [5.74, 6) is 1.33. The van der Waals surface area contributed by atoms with Crippen molar-refractivity contribution in [2.24, 2.45) is 5.92 Å². The van der Waals surface area contributed by atoms with Crippen molar-refractivity contribution in [1.29, 1.82) is 0 Å². The fraction of sp³-hybridized carbons (Fsp3) is 0.562. The summed E-state index contributed by atoms with van der Waals surface area (Å²) in [6.07, 6.45) is 6.63. The summed E-state index contributed by atoms with van der Waals surface area (Å²) in [6.45, 7) is 0. The molecule has 4 heteroatoms. The topological polar surface area (TPSA) is 35.5 Å². The normalized spacial score (nSPS) is 16.6. The van der Waals surface area contributed by atoms with Gasteiger partial charge in [-0.3, -0.25) is 4.79 Å². The van der Waals surface area contributed by atoms with Crippen molar-refractivity contribution >= 4 is 17.4 Å². The highest BCUT2D eigenvalue weighted by Gasteiger charge is 2.24. The minimum Gasteiger partial charge on any atom is -0.493 e. The van der Waals surface area contributed by atoms with Gasteiger partial charge in [-0.2, -0.15) is 0 Å². The summed E-state index contributed by atoms with van der Waals surface area (Å²) < 4.78 is 10.5. The van der Waals surface area contributed by atoms with Crippen LogP contribution < -0.4 is 9.47 Å². The number of Topliss-reactive ketones (excluding diaryl/α,β-unsaturated/α-hetero) is 1. The van der Waals surface area contributed by atoms with Gasteiger partial charge in [0.25, 0.3) is 0 Å². The van der Waals surface area contributed by atoms with E-state index in [0.29, 0.717) is 22.1 Å². The number of methoxy groups -OCH3 is 2. The Hall–Kier alpha value is -1.22. The van der Waals surface area contributed by atoms with Crippen LogP contribution in [0, 0.1) is 5.92 Å². The summed E-state index contributed by atoms with van der Waals surface area (Å²) in [7, 11) is 3.12. The average Bonchev–Trinajstić information content (AvgIpc) is 2.75. The molecule has 110 valence electrons. The Labute approximate surface area is 125 Å². The highest BCUT2D eigenvalue weighted by molar-refractivity contribution is 6.34. The van der Waals surface area contributed by atoms with E-state index in [-0.39, 0.29) is 11.7 Å². The van der Waals surface area contributed by atoms with E-state index in [1.165, 1.54) is 12.8 Å². The Morgan fingerprint density at radius 3 is 2.15 bits per heavy atom. The molecule has 0 aliphatic heterocycles. The Bertz CT molecular complexity index is 477. The lowest BCUT2D eigenvalue weighted by molar-refractivity contribution is 0.0907. The molecule has 1 fully saturated rings. The van der Waals surface area contributed by atoms with Gasteiger partial charge in [0.1, 0.15) is 0 Å². The molecule has 2 rings (SSSR count). The van der Waals surface area contributed by atoms with E-state index in [4.69, 9.17) is 21.1 Å². The van der Waals surface area contributed by atoms with Crippen molar-refractivity contribution in [3.05, 3.63) is 22.7 Å². The maximum atomic E-state index is 12.7. The summed E-state index contributed by atoms with van der Waals surface area (Å²) in [6, 6.07) is 3.36. The van der Waals surface area contributed by atoms with E-state index in [9.17, 15) is 4.79 Å². The van der Waals surface area contributed by atoms with Crippen LogP contribution in [0.25, 0.3) is 0 Å². The van der Waals surface area contributed by atoms with Crippen molar-refractivity contribution < 1.29 is 14.3 Å². The Kier molecular flexibility index (Phi) is 5.30. The van der Waals surface area contributed by atoms with Crippen LogP contribution in [-0.4, -0.2) is 20.0 Å². The van der Waals surface area contributed by atoms with Gasteiger partial charge in [0.15, 0.2) is 17.3 Å². The monoisotopic (exact) mass is 296 g/mol. The standard InChI is InChI=1S/C16H21ClO3/c1-19-14-9-12(13(17)10-15(14)20-2)16(18)11-7-5-3-4-6-8-11/h9-11H,3-8H2,1-2H3. The third-order valence-electron chi connectivity index (χ3n) is 3.96. The first kappa shape index (κ1) is 15.2. The minimum atomic E-state index is 0.0908. The van der Waals surface area contributed by atoms with Crippen molar-refractivity contribution in [2.75, 3.05) is 14.2 Å². The maximum Gasteiger partial charge on any atom is 0.167 e. The molecular weight excluding hydrogens is 276 g/mol. The van der Waals surface area contributed by atoms with Gasteiger partial charge in [-0.05, 0) is 18.9 Å². The molecule has 1 saturated carbocycles. The van der Waals surface area contributed by atoms with Crippen LogP contribution in [-0.2, 0) is 0 Å². The molecule has 0 bridgehead atoms. The van der Waals surface area contributed by atoms with E-state index in [0.717, 1.165) is 25.7 Å². The highest BCUT2D eigenvalue weighted by Crippen LogP contribution is 2.36. The zero-order chi connectivity index (χ0) is 14.5. The molecule has 1 aromatic rings. The van der Waals surface area contributed by atoms with Crippen LogP contribution in [0.5, 0.6) is 11.5 Å². The third kappa shape index (κ3) is 3.26. The van der Waals surface area contributed by atoms with Crippen molar-refractivity contribution in [3.63, 3.8) is 0 Å². The number of ether oxygens (including phenoxy) is 2. The lowest BCUT2D eigenvalue weighted by Crippen LogP contribution is -2.15. The molecule has 0 atom stereocenters. The summed E-state index contributed by atoms with van der Waals surface area (Å²) in [4.78, 5) is 12.7. The second-order valence-corrected chi connectivity index (χ2v) is 5.65. The fourth-order valence-corrected chi connectivity index (χ4v) is 3.05. The van der Waals surface area contributed by atoms with E-state index in [1.54, 1.807) is 26.4 Å². The van der Waals surface area contributed by atoms with Gasteiger partial charge in [0.2, 0.25) is 0 Å². The summed E-state index contributed by atoms with van der Waals surface area (Å²) >= 11 is 6.24. The largest absolute Gasteiger partial charge is 0.493 e. The predicted molar refractivity (Wildman–Crippen MR) is 80.1 cm³/mol. The second kappa shape index (κ2) is 6.98. The van der Waals surface area contributed by atoms with Crippen LogP contribution in [0.4, 0.5) is 0 Å². The average molecular weight is 297 g/mol. The highest BCUT2D eigenvalue weighted by atomic mass is 35.5. The SMILES string of the molecule is COc1cc(Cl)c(C(=O)C2CCCCCC2)cc1OC. The van der Waals surface area contributed by atoms with Crippen molar-refractivity contribution in [3.8, 4) is 11.5 Å². The van der Waals surface area contributed by atoms with Gasteiger partial charge >= 0.3 is 0 Å². The number of hydrogen-bond acceptors (Lipinski definition) is 3. The van der Waals surface area contributed by atoms with Crippen molar-refractivity contribution in [1.82, 2.24) is 0 Å². The maximum absolute atomic E-state index is 12.7. The van der Waals surface area contributed by atoms with Crippen LogP contribution in [0.1, 0.15) is 48.9 Å². The zero-order valence-electron chi connectivity index (χ0n) is 12.1. The molecule has 1 aliphatic rings. The lowest BCUT2D eigenvalue weighted by atomic mass is 9.91. The molecule has 1 aromatic carbocycles. The Balaban J connectivity index is 2.28. The fourth-order valence-electron chi connectivity index (χ4n) is 2.80. The van der Waals surface area contributed by atoms with Crippen LogP contribution in [0.15, 0.2) is 12.1 Å². The molecular formula is C16H21ClO3. The Morgan fingerprint density at radius 1 is 1.05 bits per heavy atom. The number of hydrogen-bond donors (Lipinski definition) is 0. The number of ketones is 1. The minimum absolute atomic E-state index is 0.0908. The third-order valence-corrected chi connectivity index (χ3v) is 4.28. The lowest BCUT2D eigenvalue weighted by Gasteiger charge is -2.16. The number of carbonyl (C=O) groups excluding carboxylic acids is 1. The first-order valence-corrected chi connectivity index (χ1v) is 7.51. The van der Waals surface area contributed by atoms with Gasteiger partial charge in [0.05, 0.1) is 19.2 Å². The molecule has 0 spiro atoms. The molecule has 0 saturated heterocycles. The van der Waals surface area contributed by atoms with Gasteiger partial charge in [-0.1, -0.05) is 37.3 Å². The van der Waals surface area contributed by atoms with Crippen LogP contribution in [0.2, 0.25) is 5.02 Å². The molecule has 3 nitrogen and oxygen atoms in total. The zero-order valence-corrected chi connectivity index (χ0v) is 12.8. The van der Waals surface area contributed by atoms with Gasteiger partial charge < -0.3 is 9.47 Å². The number of halogens is 1. The van der Waals surface area contributed by atoms with Crippen LogP contribution in [0.3, 0.4) is 0 Å². The molecule has 1 aliphatic carbocycles. The molecule has 20 heavy (non-hydrogen) atoms. The smallest absolute Gasteiger partial charge is 0.167 e. The van der Waals surface area contributed by atoms with Crippen molar-refractivity contribution in [2.45, 2.75) is 38.5 Å². The summed E-state index contributed by atoms with van der Waals surface area (Å²) in [5.41, 5.74) is 0.552. The molecule has 0 amide bonds. The van der Waals surface area contributed by atoms with Gasteiger partial charge in [-0.25, -0.2) is 0 Å². The Morgan fingerprint density at radius 2 is 1.60 bits per heavy atom. The quantitative estimate of drug-likeness (QED) is 0.606. The first-order valence-electron chi connectivity index (χ1n) is 7.13. The van der Waals surface area contributed by atoms with Gasteiger partial charge in [0, 0.05) is 17.5 Å². The second-order valence-electron chi connectivity index (χ2n) is 5.24.